The van der Waals surface area contributed by atoms with Gasteiger partial charge >= 0.3 is 39.5 Å². The van der Waals surface area contributed by atoms with E-state index in [9.17, 15) is 43.2 Å². The molecule has 0 bridgehead atoms. The molecule has 0 saturated carbocycles. The molecule has 546 valence electrons. The third-order valence-electron chi connectivity index (χ3n) is 17.0. The normalized spacial score (nSPS) is 14.0. The maximum absolute atomic E-state index is 13.1. The molecule has 0 radical (unpaired) electrons. The third-order valence-corrected chi connectivity index (χ3v) is 18.9. The number of phosphoric acid groups is 2. The minimum Gasteiger partial charge on any atom is -0.462 e. The van der Waals surface area contributed by atoms with Crippen molar-refractivity contribution < 1.29 is 80.2 Å². The Hall–Kier alpha value is -1.94. The van der Waals surface area contributed by atoms with Gasteiger partial charge < -0.3 is 33.8 Å². The van der Waals surface area contributed by atoms with Crippen LogP contribution >= 0.6 is 15.6 Å². The Labute approximate surface area is 562 Å². The van der Waals surface area contributed by atoms with E-state index in [1.165, 1.54) is 205 Å². The molecule has 19 heteroatoms. The molecule has 0 saturated heterocycles. The maximum atomic E-state index is 13.1. The molecule has 17 nitrogen and oxygen atoms in total. The van der Waals surface area contributed by atoms with Crippen molar-refractivity contribution in [3.05, 3.63) is 0 Å². The van der Waals surface area contributed by atoms with Crippen LogP contribution < -0.4 is 0 Å². The van der Waals surface area contributed by atoms with Gasteiger partial charge in [0, 0.05) is 25.7 Å². The van der Waals surface area contributed by atoms with Gasteiger partial charge in [-0.1, -0.05) is 330 Å². The third kappa shape index (κ3) is 66.7. The molecule has 5 atom stereocenters. The fourth-order valence-corrected chi connectivity index (χ4v) is 12.8. The zero-order valence-corrected chi connectivity index (χ0v) is 61.5. The summed E-state index contributed by atoms with van der Waals surface area (Å²) in [6, 6.07) is 0. The van der Waals surface area contributed by atoms with E-state index in [0.29, 0.717) is 25.7 Å². The maximum Gasteiger partial charge on any atom is 0.472 e. The minimum atomic E-state index is -4.95. The number of aliphatic hydroxyl groups excluding tert-OH is 1. The molecule has 0 aromatic heterocycles. The van der Waals surface area contributed by atoms with E-state index in [1.807, 2.05) is 0 Å². The van der Waals surface area contributed by atoms with E-state index >= 15 is 0 Å². The van der Waals surface area contributed by atoms with Crippen LogP contribution in [0.4, 0.5) is 0 Å². The first-order chi connectivity index (χ1) is 44.5. The van der Waals surface area contributed by atoms with Gasteiger partial charge in [-0.3, -0.25) is 37.3 Å². The molecular formula is C73H142O17P2. The summed E-state index contributed by atoms with van der Waals surface area (Å²) in [4.78, 5) is 72.6. The van der Waals surface area contributed by atoms with Gasteiger partial charge in [0.2, 0.25) is 0 Å². The molecule has 0 fully saturated rings. The number of unbranched alkanes of at least 4 members (excludes halogenated alkanes) is 45. The van der Waals surface area contributed by atoms with Crippen LogP contribution in [0.25, 0.3) is 0 Å². The van der Waals surface area contributed by atoms with Crippen LogP contribution in [-0.2, 0) is 65.4 Å². The Morgan fingerprint density at radius 3 is 0.739 bits per heavy atom. The minimum absolute atomic E-state index is 0.107. The quantitative estimate of drug-likeness (QED) is 0.0222. The predicted molar refractivity (Wildman–Crippen MR) is 372 cm³/mol. The van der Waals surface area contributed by atoms with E-state index < -0.39 is 97.5 Å². The van der Waals surface area contributed by atoms with Crippen LogP contribution in [0, 0.1) is 5.92 Å². The second kappa shape index (κ2) is 66.3. The number of aliphatic hydroxyl groups is 1. The van der Waals surface area contributed by atoms with Gasteiger partial charge in [-0.15, -0.1) is 0 Å². The van der Waals surface area contributed by atoms with Crippen LogP contribution in [0.1, 0.15) is 381 Å². The fraction of sp³-hybridized carbons (Fsp3) is 0.945. The van der Waals surface area contributed by atoms with Gasteiger partial charge in [0.15, 0.2) is 12.2 Å². The number of rotatable bonds is 73. The van der Waals surface area contributed by atoms with Gasteiger partial charge in [-0.25, -0.2) is 9.13 Å². The summed E-state index contributed by atoms with van der Waals surface area (Å²) in [5, 5.41) is 10.6. The van der Waals surface area contributed by atoms with Crippen molar-refractivity contribution in [2.45, 2.75) is 400 Å². The molecule has 0 spiro atoms. The Morgan fingerprint density at radius 2 is 0.500 bits per heavy atom. The van der Waals surface area contributed by atoms with Crippen molar-refractivity contribution >= 4 is 39.5 Å². The second-order valence-electron chi connectivity index (χ2n) is 26.8. The lowest BCUT2D eigenvalue weighted by Gasteiger charge is -2.21. The van der Waals surface area contributed by atoms with Crippen LogP contribution in [0.15, 0.2) is 0 Å². The highest BCUT2D eigenvalue weighted by molar-refractivity contribution is 7.47. The van der Waals surface area contributed by atoms with Crippen LogP contribution in [0.5, 0.6) is 0 Å². The average molecular weight is 1350 g/mol. The van der Waals surface area contributed by atoms with E-state index in [-0.39, 0.29) is 25.7 Å². The van der Waals surface area contributed by atoms with Crippen LogP contribution in [0.2, 0.25) is 0 Å². The zero-order valence-electron chi connectivity index (χ0n) is 59.7. The molecule has 0 aromatic carbocycles. The second-order valence-corrected chi connectivity index (χ2v) is 29.7. The summed E-state index contributed by atoms with van der Waals surface area (Å²) < 4.78 is 68.3. The summed E-state index contributed by atoms with van der Waals surface area (Å²) >= 11 is 0. The lowest BCUT2D eigenvalue weighted by atomic mass is 10.0. The molecule has 0 aliphatic rings. The van der Waals surface area contributed by atoms with Gasteiger partial charge in [0.1, 0.15) is 19.3 Å². The highest BCUT2D eigenvalue weighted by Gasteiger charge is 2.30. The summed E-state index contributed by atoms with van der Waals surface area (Å²) in [7, 11) is -9.90. The SMILES string of the molecule is CCCCCCCCCCCCCCCCCCCCCCC(=O)O[C@H](COC(=O)CCCCCCCCCCCCC(C)C)COP(=O)(O)OC[C@@H](O)COP(=O)(O)OC[C@@H](COC(=O)CCCCCCCCCCC)OC(=O)CCCCCCCCCCCC. The summed E-state index contributed by atoms with van der Waals surface area (Å²) in [6.45, 7) is 7.24. The van der Waals surface area contributed by atoms with Gasteiger partial charge in [-0.05, 0) is 31.6 Å². The van der Waals surface area contributed by atoms with Gasteiger partial charge in [0.25, 0.3) is 0 Å². The van der Waals surface area contributed by atoms with E-state index in [4.69, 9.17) is 37.0 Å². The molecule has 0 aliphatic carbocycles. The smallest absolute Gasteiger partial charge is 0.462 e. The lowest BCUT2D eigenvalue weighted by Crippen LogP contribution is -2.30. The molecule has 2 unspecified atom stereocenters. The topological polar surface area (TPSA) is 237 Å². The Bertz CT molecular complexity index is 1770. The van der Waals surface area contributed by atoms with Crippen LogP contribution in [-0.4, -0.2) is 96.7 Å². The highest BCUT2D eigenvalue weighted by Crippen LogP contribution is 2.45. The average Bonchev–Trinajstić information content (AvgIpc) is 2.19. The number of esters is 4. The zero-order chi connectivity index (χ0) is 67.7. The van der Waals surface area contributed by atoms with Gasteiger partial charge in [-0.2, -0.15) is 0 Å². The Morgan fingerprint density at radius 1 is 0.293 bits per heavy atom. The summed E-state index contributed by atoms with van der Waals surface area (Å²) in [5.74, 6) is -1.36. The molecule has 0 amide bonds. The molecule has 0 rings (SSSR count). The highest BCUT2D eigenvalue weighted by atomic mass is 31.2. The van der Waals surface area contributed by atoms with Crippen molar-refractivity contribution in [3.63, 3.8) is 0 Å². The lowest BCUT2D eigenvalue weighted by molar-refractivity contribution is -0.161. The molecule has 3 N–H and O–H groups in total. The first kappa shape index (κ1) is 90.1. The summed E-state index contributed by atoms with van der Waals surface area (Å²) in [6.07, 6.45) is 54.2. The van der Waals surface area contributed by atoms with Crippen molar-refractivity contribution in [1.29, 1.82) is 0 Å². The van der Waals surface area contributed by atoms with E-state index in [0.717, 1.165) is 95.8 Å². The number of hydrogen-bond donors (Lipinski definition) is 3. The largest absolute Gasteiger partial charge is 0.472 e. The standard InChI is InChI=1S/C73H142O17P2/c1-6-9-12-15-18-21-23-24-25-26-27-28-29-30-31-32-39-44-49-54-59-73(78)90-69(63-84-71(76)57-52-47-42-38-34-33-36-40-45-50-55-66(4)5)65-88-92(81,82)86-61-67(74)60-85-91(79,80)87-64-68(62-83-70(75)56-51-46-41-35-20-17-14-11-8-3)89-72(77)58-53-48-43-37-22-19-16-13-10-7-2/h66-69,74H,6-65H2,1-5H3,(H,79,80)(H,81,82)/t67-,68+,69+/m0/s1. The number of hydrogen-bond acceptors (Lipinski definition) is 15. The molecule has 0 aliphatic heterocycles. The molecule has 0 heterocycles. The van der Waals surface area contributed by atoms with E-state index in [2.05, 4.69) is 34.6 Å². The number of carbonyl (C=O) groups is 4. The van der Waals surface area contributed by atoms with Crippen molar-refractivity contribution in [3.8, 4) is 0 Å². The summed E-state index contributed by atoms with van der Waals surface area (Å²) in [5.41, 5.74) is 0. The van der Waals surface area contributed by atoms with Crippen molar-refractivity contribution in [2.75, 3.05) is 39.6 Å². The number of carbonyl (C=O) groups excluding carboxylic acids is 4. The molecular weight excluding hydrogens is 1210 g/mol. The van der Waals surface area contributed by atoms with Crippen molar-refractivity contribution in [2.24, 2.45) is 5.92 Å². The first-order valence-electron chi connectivity index (χ1n) is 38.1. The first-order valence-corrected chi connectivity index (χ1v) is 41.1. The molecule has 0 aromatic rings. The fourth-order valence-electron chi connectivity index (χ4n) is 11.2. The Balaban J connectivity index is 5.18. The molecule has 92 heavy (non-hydrogen) atoms. The monoisotopic (exact) mass is 1350 g/mol. The number of phosphoric ester groups is 2. The number of ether oxygens (including phenoxy) is 4. The van der Waals surface area contributed by atoms with Crippen molar-refractivity contribution in [1.82, 2.24) is 0 Å². The predicted octanol–water partition coefficient (Wildman–Crippen LogP) is 21.3. The van der Waals surface area contributed by atoms with E-state index in [1.54, 1.807) is 0 Å². The van der Waals surface area contributed by atoms with Gasteiger partial charge in [0.05, 0.1) is 26.4 Å². The van der Waals surface area contributed by atoms with Crippen LogP contribution in [0.3, 0.4) is 0 Å². The Kier molecular flexibility index (Phi) is 64.9.